The molecule has 1 amide bonds. The van der Waals surface area contributed by atoms with Gasteiger partial charge in [0.1, 0.15) is 5.75 Å². The first kappa shape index (κ1) is 14.9. The van der Waals surface area contributed by atoms with Crippen LogP contribution < -0.4 is 10.1 Å². The van der Waals surface area contributed by atoms with Gasteiger partial charge in [0.15, 0.2) is 0 Å². The van der Waals surface area contributed by atoms with Crippen molar-refractivity contribution in [2.75, 3.05) is 26.7 Å². The Labute approximate surface area is 121 Å². The first-order valence-corrected chi connectivity index (χ1v) is 7.32. The van der Waals surface area contributed by atoms with Gasteiger partial charge in [0.05, 0.1) is 7.11 Å². The molecule has 1 fully saturated rings. The Morgan fingerprint density at radius 1 is 1.50 bits per heavy atom. The van der Waals surface area contributed by atoms with E-state index < -0.39 is 0 Å². The lowest BCUT2D eigenvalue weighted by Crippen LogP contribution is -2.40. The lowest BCUT2D eigenvalue weighted by Gasteiger charge is -2.22. The molecular formula is C16H24N2O2. The van der Waals surface area contributed by atoms with Crippen molar-refractivity contribution in [1.82, 2.24) is 10.2 Å². The number of hydrogen-bond donors (Lipinski definition) is 1. The normalized spacial score (nSPS) is 19.1. The number of hydrogen-bond acceptors (Lipinski definition) is 3. The number of likely N-dealkylation sites (tertiary alicyclic amines) is 1. The van der Waals surface area contributed by atoms with E-state index in [1.807, 2.05) is 19.1 Å². The number of aryl methyl sites for hydroxylation is 1. The van der Waals surface area contributed by atoms with E-state index in [-0.39, 0.29) is 5.91 Å². The summed E-state index contributed by atoms with van der Waals surface area (Å²) < 4.78 is 5.26. The third-order valence-corrected chi connectivity index (χ3v) is 4.07. The molecule has 0 aromatic heterocycles. The summed E-state index contributed by atoms with van der Waals surface area (Å²) in [6.07, 6.45) is 2.40. The van der Waals surface area contributed by atoms with Crippen LogP contribution in [-0.2, 0) is 0 Å². The van der Waals surface area contributed by atoms with E-state index >= 15 is 0 Å². The average Bonchev–Trinajstić information content (AvgIpc) is 2.92. The van der Waals surface area contributed by atoms with Crippen LogP contribution in [0.4, 0.5) is 0 Å². The summed E-state index contributed by atoms with van der Waals surface area (Å²) in [6, 6.07) is 6.05. The summed E-state index contributed by atoms with van der Waals surface area (Å²) in [6.45, 7) is 7.07. The van der Waals surface area contributed by atoms with Crippen LogP contribution in [0.5, 0.6) is 5.75 Å². The van der Waals surface area contributed by atoms with Crippen LogP contribution in [0.15, 0.2) is 18.2 Å². The summed E-state index contributed by atoms with van der Waals surface area (Å²) in [5.74, 6) is 0.736. The quantitative estimate of drug-likeness (QED) is 0.896. The Kier molecular flexibility index (Phi) is 5.01. The van der Waals surface area contributed by atoms with Crippen molar-refractivity contribution in [2.24, 2.45) is 0 Å². The number of carbonyl (C=O) groups is 1. The Bertz CT molecular complexity index is 474. The summed E-state index contributed by atoms with van der Waals surface area (Å²) in [7, 11) is 1.63. The minimum Gasteiger partial charge on any atom is -0.496 e. The minimum absolute atomic E-state index is 0.0220. The van der Waals surface area contributed by atoms with Crippen LogP contribution in [-0.4, -0.2) is 43.6 Å². The predicted octanol–water partition coefficient (Wildman–Crippen LogP) is 2.22. The molecule has 20 heavy (non-hydrogen) atoms. The summed E-state index contributed by atoms with van der Waals surface area (Å²) in [5, 5.41) is 3.04. The van der Waals surface area contributed by atoms with Crippen LogP contribution >= 0.6 is 0 Å². The number of amides is 1. The van der Waals surface area contributed by atoms with Gasteiger partial charge in [0.25, 0.3) is 5.91 Å². The molecule has 0 radical (unpaired) electrons. The van der Waals surface area contributed by atoms with Gasteiger partial charge >= 0.3 is 0 Å². The maximum atomic E-state index is 12.2. The van der Waals surface area contributed by atoms with Gasteiger partial charge in [-0.25, -0.2) is 0 Å². The smallest absolute Gasteiger partial charge is 0.251 e. The fraction of sp³-hybridized carbons (Fsp3) is 0.562. The zero-order valence-corrected chi connectivity index (χ0v) is 12.6. The van der Waals surface area contributed by atoms with Gasteiger partial charge in [0.2, 0.25) is 0 Å². The monoisotopic (exact) mass is 276 g/mol. The average molecular weight is 276 g/mol. The number of nitrogens with one attached hydrogen (secondary N) is 1. The Hall–Kier alpha value is -1.55. The number of carbonyl (C=O) groups excluding carboxylic acids is 1. The van der Waals surface area contributed by atoms with Crippen LogP contribution in [0, 0.1) is 6.92 Å². The van der Waals surface area contributed by atoms with Crippen molar-refractivity contribution in [1.29, 1.82) is 0 Å². The van der Waals surface area contributed by atoms with E-state index in [2.05, 4.69) is 17.1 Å². The lowest BCUT2D eigenvalue weighted by molar-refractivity contribution is 0.0941. The molecule has 0 saturated carbocycles. The van der Waals surface area contributed by atoms with Crippen LogP contribution in [0.25, 0.3) is 0 Å². The highest BCUT2D eigenvalue weighted by molar-refractivity contribution is 5.94. The van der Waals surface area contributed by atoms with Crippen molar-refractivity contribution >= 4 is 5.91 Å². The molecule has 1 heterocycles. The zero-order valence-electron chi connectivity index (χ0n) is 12.6. The van der Waals surface area contributed by atoms with E-state index in [0.717, 1.165) is 30.9 Å². The number of ether oxygens (including phenoxy) is 1. The highest BCUT2D eigenvalue weighted by Crippen LogP contribution is 2.19. The van der Waals surface area contributed by atoms with Gasteiger partial charge < -0.3 is 10.1 Å². The molecule has 1 unspecified atom stereocenters. The Morgan fingerprint density at radius 3 is 3.00 bits per heavy atom. The third-order valence-electron chi connectivity index (χ3n) is 4.07. The molecule has 1 aromatic rings. The number of rotatable bonds is 5. The van der Waals surface area contributed by atoms with Crippen molar-refractivity contribution in [3.63, 3.8) is 0 Å². The second-order valence-electron chi connectivity index (χ2n) is 5.32. The Morgan fingerprint density at radius 2 is 2.30 bits per heavy atom. The third kappa shape index (κ3) is 3.31. The molecule has 4 heteroatoms. The van der Waals surface area contributed by atoms with Gasteiger partial charge in [-0.3, -0.25) is 9.69 Å². The van der Waals surface area contributed by atoms with E-state index in [1.165, 1.54) is 12.8 Å². The number of benzene rings is 1. The van der Waals surface area contributed by atoms with Crippen molar-refractivity contribution in [3.8, 4) is 5.75 Å². The van der Waals surface area contributed by atoms with E-state index in [0.29, 0.717) is 11.6 Å². The Balaban J connectivity index is 1.95. The van der Waals surface area contributed by atoms with Crippen molar-refractivity contribution in [2.45, 2.75) is 32.7 Å². The van der Waals surface area contributed by atoms with E-state index in [1.54, 1.807) is 13.2 Å². The van der Waals surface area contributed by atoms with E-state index in [9.17, 15) is 4.79 Å². The second kappa shape index (κ2) is 6.75. The minimum atomic E-state index is -0.0220. The first-order valence-electron chi connectivity index (χ1n) is 7.32. The van der Waals surface area contributed by atoms with Gasteiger partial charge in [0, 0.05) is 18.2 Å². The highest BCUT2D eigenvalue weighted by Gasteiger charge is 2.23. The first-order chi connectivity index (χ1) is 9.65. The largest absolute Gasteiger partial charge is 0.496 e. The SMILES string of the molecule is CCN1CCCC1CNC(=O)c1ccc(C)c(OC)c1. The summed E-state index contributed by atoms with van der Waals surface area (Å²) in [5.41, 5.74) is 1.70. The standard InChI is InChI=1S/C16H24N2O2/c1-4-18-9-5-6-14(18)11-17-16(19)13-8-7-12(2)15(10-13)20-3/h7-8,10,14H,4-6,9,11H2,1-3H3,(H,17,19). The van der Waals surface area contributed by atoms with Gasteiger partial charge in [-0.1, -0.05) is 13.0 Å². The summed E-state index contributed by atoms with van der Waals surface area (Å²) in [4.78, 5) is 14.6. The molecule has 0 bridgehead atoms. The molecule has 1 aliphatic heterocycles. The van der Waals surface area contributed by atoms with Crippen LogP contribution in [0.2, 0.25) is 0 Å². The molecule has 4 nitrogen and oxygen atoms in total. The predicted molar refractivity (Wildman–Crippen MR) is 80.3 cm³/mol. The van der Waals surface area contributed by atoms with Gasteiger partial charge in [-0.2, -0.15) is 0 Å². The molecule has 1 atom stereocenters. The summed E-state index contributed by atoms with van der Waals surface area (Å²) >= 11 is 0. The molecule has 0 spiro atoms. The fourth-order valence-corrected chi connectivity index (χ4v) is 2.82. The van der Waals surface area contributed by atoms with E-state index in [4.69, 9.17) is 4.74 Å². The van der Waals surface area contributed by atoms with Gasteiger partial charge in [-0.15, -0.1) is 0 Å². The molecule has 1 aliphatic rings. The molecule has 2 rings (SSSR count). The zero-order chi connectivity index (χ0) is 14.5. The van der Waals surface area contributed by atoms with Crippen molar-refractivity contribution in [3.05, 3.63) is 29.3 Å². The molecule has 1 aromatic carbocycles. The molecule has 0 aliphatic carbocycles. The maximum Gasteiger partial charge on any atom is 0.251 e. The molecular weight excluding hydrogens is 252 g/mol. The van der Waals surface area contributed by atoms with Gasteiger partial charge in [-0.05, 0) is 50.6 Å². The van der Waals surface area contributed by atoms with Crippen LogP contribution in [0.3, 0.4) is 0 Å². The fourth-order valence-electron chi connectivity index (χ4n) is 2.82. The lowest BCUT2D eigenvalue weighted by atomic mass is 10.1. The molecule has 1 N–H and O–H groups in total. The van der Waals surface area contributed by atoms with Crippen molar-refractivity contribution < 1.29 is 9.53 Å². The highest BCUT2D eigenvalue weighted by atomic mass is 16.5. The molecule has 1 saturated heterocycles. The second-order valence-corrected chi connectivity index (χ2v) is 5.32. The topological polar surface area (TPSA) is 41.6 Å². The number of methoxy groups -OCH3 is 1. The maximum absolute atomic E-state index is 12.2. The molecule has 110 valence electrons. The number of likely N-dealkylation sites (N-methyl/N-ethyl adjacent to an activating group) is 1. The van der Waals surface area contributed by atoms with Crippen LogP contribution in [0.1, 0.15) is 35.7 Å². The number of nitrogens with zero attached hydrogens (tertiary/aromatic N) is 1.